The van der Waals surface area contributed by atoms with Crippen molar-refractivity contribution in [1.29, 1.82) is 0 Å². The molecule has 1 aromatic heterocycles. The van der Waals surface area contributed by atoms with Crippen molar-refractivity contribution in [2.75, 3.05) is 40.3 Å². The number of amides is 1. The Bertz CT molecular complexity index is 549. The van der Waals surface area contributed by atoms with Crippen LogP contribution in [-0.2, 0) is 11.3 Å². The summed E-state index contributed by atoms with van der Waals surface area (Å²) in [4.78, 5) is 19.7. The van der Waals surface area contributed by atoms with Gasteiger partial charge >= 0.3 is 0 Å². The molecule has 24 heavy (non-hydrogen) atoms. The smallest absolute Gasteiger partial charge is 0.227 e. The van der Waals surface area contributed by atoms with E-state index in [0.717, 1.165) is 37.5 Å². The van der Waals surface area contributed by atoms with Crippen LogP contribution in [0.1, 0.15) is 37.2 Å². The zero-order valence-electron chi connectivity index (χ0n) is 15.3. The summed E-state index contributed by atoms with van der Waals surface area (Å²) in [5, 5.41) is 0. The summed E-state index contributed by atoms with van der Waals surface area (Å²) in [6, 6.07) is 4.58. The summed E-state index contributed by atoms with van der Waals surface area (Å²) < 4.78 is 5.61. The summed E-state index contributed by atoms with van der Waals surface area (Å²) in [5.41, 5.74) is 0. The fourth-order valence-corrected chi connectivity index (χ4v) is 4.09. The van der Waals surface area contributed by atoms with Gasteiger partial charge in [-0.15, -0.1) is 0 Å². The lowest BCUT2D eigenvalue weighted by Crippen LogP contribution is -2.50. The van der Waals surface area contributed by atoms with Gasteiger partial charge in [0.2, 0.25) is 5.91 Å². The van der Waals surface area contributed by atoms with Gasteiger partial charge in [-0.2, -0.15) is 0 Å². The first-order chi connectivity index (χ1) is 11.5. The molecule has 0 saturated carbocycles. The standard InChI is InChI=1S/C19H31N3O2/c1-15-6-7-18(24-15)14-21(3)19(23)16-5-4-10-22(13-16)17-8-11-20(2)12-9-17/h6-7,16-17H,4-5,8-14H2,1-3H3. The lowest BCUT2D eigenvalue weighted by atomic mass is 9.93. The molecule has 2 aliphatic heterocycles. The summed E-state index contributed by atoms with van der Waals surface area (Å²) in [6.07, 6.45) is 4.62. The van der Waals surface area contributed by atoms with E-state index < -0.39 is 0 Å². The first-order valence-electron chi connectivity index (χ1n) is 9.26. The van der Waals surface area contributed by atoms with Crippen molar-refractivity contribution in [2.45, 2.75) is 45.2 Å². The van der Waals surface area contributed by atoms with Gasteiger partial charge in [-0.1, -0.05) is 0 Å². The number of carbonyl (C=O) groups excluding carboxylic acids is 1. The molecule has 0 radical (unpaired) electrons. The Morgan fingerprint density at radius 2 is 2.00 bits per heavy atom. The predicted octanol–water partition coefficient (Wildman–Crippen LogP) is 2.35. The lowest BCUT2D eigenvalue weighted by Gasteiger charge is -2.41. The van der Waals surface area contributed by atoms with Crippen molar-refractivity contribution in [3.05, 3.63) is 23.7 Å². The third-order valence-corrected chi connectivity index (χ3v) is 5.57. The Morgan fingerprint density at radius 3 is 2.67 bits per heavy atom. The fraction of sp³-hybridized carbons (Fsp3) is 0.737. The van der Waals surface area contributed by atoms with E-state index in [-0.39, 0.29) is 11.8 Å². The molecule has 0 bridgehead atoms. The number of likely N-dealkylation sites (tertiary alicyclic amines) is 2. The third kappa shape index (κ3) is 4.19. The first kappa shape index (κ1) is 17.5. The molecular weight excluding hydrogens is 302 g/mol. The van der Waals surface area contributed by atoms with Crippen LogP contribution in [0.25, 0.3) is 0 Å². The van der Waals surface area contributed by atoms with Crippen molar-refractivity contribution in [2.24, 2.45) is 5.92 Å². The Morgan fingerprint density at radius 1 is 1.25 bits per heavy atom. The number of aryl methyl sites for hydroxylation is 1. The Kier molecular flexibility index (Phi) is 5.61. The third-order valence-electron chi connectivity index (χ3n) is 5.57. The zero-order chi connectivity index (χ0) is 17.1. The number of nitrogens with zero attached hydrogens (tertiary/aromatic N) is 3. The highest BCUT2D eigenvalue weighted by atomic mass is 16.3. The molecule has 0 N–H and O–H groups in total. The predicted molar refractivity (Wildman–Crippen MR) is 94.7 cm³/mol. The highest BCUT2D eigenvalue weighted by molar-refractivity contribution is 5.78. The second-order valence-corrected chi connectivity index (χ2v) is 7.58. The second-order valence-electron chi connectivity index (χ2n) is 7.58. The summed E-state index contributed by atoms with van der Waals surface area (Å²) in [6.45, 7) is 6.94. The van der Waals surface area contributed by atoms with Gasteiger partial charge in [-0.05, 0) is 71.4 Å². The van der Waals surface area contributed by atoms with Gasteiger partial charge in [0.25, 0.3) is 0 Å². The Balaban J connectivity index is 1.54. The molecule has 0 aromatic carbocycles. The van der Waals surface area contributed by atoms with Crippen molar-refractivity contribution < 1.29 is 9.21 Å². The molecule has 2 aliphatic rings. The van der Waals surface area contributed by atoms with Crippen molar-refractivity contribution >= 4 is 5.91 Å². The number of hydrogen-bond acceptors (Lipinski definition) is 4. The van der Waals surface area contributed by atoms with Gasteiger partial charge in [0.15, 0.2) is 0 Å². The van der Waals surface area contributed by atoms with Crippen molar-refractivity contribution in [3.8, 4) is 0 Å². The fourth-order valence-electron chi connectivity index (χ4n) is 4.09. The Labute approximate surface area is 145 Å². The van der Waals surface area contributed by atoms with E-state index in [1.165, 1.54) is 25.9 Å². The molecule has 1 aromatic rings. The molecule has 2 fully saturated rings. The normalized spacial score (nSPS) is 24.2. The molecule has 1 amide bonds. The lowest BCUT2D eigenvalue weighted by molar-refractivity contribution is -0.137. The molecule has 1 atom stereocenters. The van der Waals surface area contributed by atoms with Crippen LogP contribution >= 0.6 is 0 Å². The molecule has 2 saturated heterocycles. The van der Waals surface area contributed by atoms with E-state index >= 15 is 0 Å². The monoisotopic (exact) mass is 333 g/mol. The maximum atomic E-state index is 12.8. The zero-order valence-corrected chi connectivity index (χ0v) is 15.3. The number of furan rings is 1. The Hall–Kier alpha value is -1.33. The van der Waals surface area contributed by atoms with Gasteiger partial charge in [0, 0.05) is 19.6 Å². The molecule has 3 heterocycles. The maximum Gasteiger partial charge on any atom is 0.227 e. The average molecular weight is 333 g/mol. The largest absolute Gasteiger partial charge is 0.464 e. The van der Waals surface area contributed by atoms with Gasteiger partial charge in [-0.3, -0.25) is 9.69 Å². The van der Waals surface area contributed by atoms with Crippen LogP contribution in [0, 0.1) is 12.8 Å². The van der Waals surface area contributed by atoms with Gasteiger partial charge < -0.3 is 14.2 Å². The van der Waals surface area contributed by atoms with Crippen molar-refractivity contribution in [3.63, 3.8) is 0 Å². The molecule has 134 valence electrons. The van der Waals surface area contributed by atoms with Gasteiger partial charge in [0.05, 0.1) is 12.5 Å². The summed E-state index contributed by atoms with van der Waals surface area (Å²) >= 11 is 0. The molecular formula is C19H31N3O2. The molecule has 5 nitrogen and oxygen atoms in total. The highest BCUT2D eigenvalue weighted by Gasteiger charge is 2.32. The SMILES string of the molecule is Cc1ccc(CN(C)C(=O)C2CCCN(C3CCN(C)CC3)C2)o1. The van der Waals surface area contributed by atoms with Crippen LogP contribution in [0.5, 0.6) is 0 Å². The van der Waals surface area contributed by atoms with E-state index in [0.29, 0.717) is 12.6 Å². The van der Waals surface area contributed by atoms with E-state index in [9.17, 15) is 4.79 Å². The van der Waals surface area contributed by atoms with Gasteiger partial charge in [-0.25, -0.2) is 0 Å². The molecule has 0 spiro atoms. The average Bonchev–Trinajstić information content (AvgIpc) is 3.00. The second kappa shape index (κ2) is 7.70. The number of piperidine rings is 2. The number of rotatable bonds is 4. The minimum Gasteiger partial charge on any atom is -0.464 e. The summed E-state index contributed by atoms with van der Waals surface area (Å²) in [7, 11) is 4.10. The van der Waals surface area contributed by atoms with E-state index in [1.807, 2.05) is 31.0 Å². The topological polar surface area (TPSA) is 39.9 Å². The minimum absolute atomic E-state index is 0.138. The van der Waals surface area contributed by atoms with Crippen LogP contribution in [0.4, 0.5) is 0 Å². The molecule has 0 aliphatic carbocycles. The van der Waals surface area contributed by atoms with E-state index in [1.54, 1.807) is 0 Å². The number of carbonyl (C=O) groups is 1. The summed E-state index contributed by atoms with van der Waals surface area (Å²) in [5.74, 6) is 2.17. The first-order valence-corrected chi connectivity index (χ1v) is 9.26. The van der Waals surface area contributed by atoms with Crippen LogP contribution < -0.4 is 0 Å². The highest BCUT2D eigenvalue weighted by Crippen LogP contribution is 2.25. The molecule has 3 rings (SSSR count). The van der Waals surface area contributed by atoms with Crippen LogP contribution in [0.3, 0.4) is 0 Å². The van der Waals surface area contributed by atoms with Crippen LogP contribution in [-0.4, -0.2) is 66.9 Å². The van der Waals surface area contributed by atoms with Gasteiger partial charge in [0.1, 0.15) is 11.5 Å². The van der Waals surface area contributed by atoms with Crippen molar-refractivity contribution in [1.82, 2.24) is 14.7 Å². The minimum atomic E-state index is 0.138. The number of hydrogen-bond donors (Lipinski definition) is 0. The van der Waals surface area contributed by atoms with Crippen LogP contribution in [0.15, 0.2) is 16.5 Å². The molecule has 5 heteroatoms. The van der Waals surface area contributed by atoms with E-state index in [2.05, 4.69) is 16.8 Å². The molecule has 1 unspecified atom stereocenters. The van der Waals surface area contributed by atoms with Crippen LogP contribution in [0.2, 0.25) is 0 Å². The quantitative estimate of drug-likeness (QED) is 0.848. The maximum absolute atomic E-state index is 12.8. The van der Waals surface area contributed by atoms with E-state index in [4.69, 9.17) is 4.42 Å².